The molecule has 0 aromatic rings. The maximum absolute atomic E-state index is 12.2. The summed E-state index contributed by atoms with van der Waals surface area (Å²) in [5.74, 6) is 0.346. The van der Waals surface area contributed by atoms with Gasteiger partial charge in [-0.25, -0.2) is 0 Å². The van der Waals surface area contributed by atoms with E-state index in [1.807, 2.05) is 18.7 Å². The molecule has 0 radical (unpaired) electrons. The normalized spacial score (nSPS) is 21.0. The average molecular weight is 295 g/mol. The Morgan fingerprint density at radius 2 is 1.67 bits per heavy atom. The van der Waals surface area contributed by atoms with Gasteiger partial charge in [-0.15, -0.1) is 0 Å². The molecular weight excluding hydrogens is 266 g/mol. The number of likely N-dealkylation sites (tertiary alicyclic amines) is 1. The zero-order chi connectivity index (χ0) is 15.2. The molecule has 0 aromatic heterocycles. The maximum atomic E-state index is 12.2. The van der Waals surface area contributed by atoms with Crippen molar-refractivity contribution in [3.05, 3.63) is 0 Å². The lowest BCUT2D eigenvalue weighted by molar-refractivity contribution is -0.131. The molecule has 1 saturated heterocycles. The second-order valence-corrected chi connectivity index (χ2v) is 6.68. The van der Waals surface area contributed by atoms with Gasteiger partial charge in [0.1, 0.15) is 0 Å². The van der Waals surface area contributed by atoms with Crippen LogP contribution < -0.4 is 10.6 Å². The fraction of sp³-hybridized carbons (Fsp3) is 0.875. The van der Waals surface area contributed by atoms with Gasteiger partial charge in [0.25, 0.3) is 0 Å². The Morgan fingerprint density at radius 1 is 1.05 bits per heavy atom. The molecule has 0 unspecified atom stereocenters. The molecule has 2 N–H and O–H groups in total. The number of nitrogens with zero attached hydrogens (tertiary/aromatic N) is 1. The maximum Gasteiger partial charge on any atom is 0.236 e. The highest BCUT2D eigenvalue weighted by Gasteiger charge is 2.25. The molecule has 1 heterocycles. The zero-order valence-electron chi connectivity index (χ0n) is 13.4. The summed E-state index contributed by atoms with van der Waals surface area (Å²) in [4.78, 5) is 25.8. The van der Waals surface area contributed by atoms with E-state index >= 15 is 0 Å². The first-order chi connectivity index (χ1) is 10.1. The minimum atomic E-state index is 0.0280. The molecule has 0 aromatic carbocycles. The van der Waals surface area contributed by atoms with Crippen molar-refractivity contribution in [1.82, 2.24) is 15.5 Å². The van der Waals surface area contributed by atoms with Crippen molar-refractivity contribution in [2.45, 2.75) is 64.5 Å². The lowest BCUT2D eigenvalue weighted by Gasteiger charge is -2.33. The van der Waals surface area contributed by atoms with Gasteiger partial charge in [-0.05, 0) is 25.7 Å². The van der Waals surface area contributed by atoms with Crippen LogP contribution in [0.2, 0.25) is 0 Å². The van der Waals surface area contributed by atoms with E-state index in [4.69, 9.17) is 0 Å². The van der Waals surface area contributed by atoms with Crippen molar-refractivity contribution in [3.8, 4) is 0 Å². The second kappa shape index (κ2) is 7.78. The van der Waals surface area contributed by atoms with E-state index in [-0.39, 0.29) is 23.8 Å². The Hall–Kier alpha value is -1.10. The van der Waals surface area contributed by atoms with Crippen molar-refractivity contribution < 1.29 is 9.59 Å². The lowest BCUT2D eigenvalue weighted by Crippen LogP contribution is -2.49. The fourth-order valence-electron chi connectivity index (χ4n) is 3.11. The molecule has 1 saturated carbocycles. The number of piperidine rings is 1. The quantitative estimate of drug-likeness (QED) is 0.803. The summed E-state index contributed by atoms with van der Waals surface area (Å²) in [7, 11) is 0. The van der Waals surface area contributed by atoms with Crippen molar-refractivity contribution in [2.75, 3.05) is 19.6 Å². The van der Waals surface area contributed by atoms with E-state index in [2.05, 4.69) is 10.6 Å². The third-order valence-corrected chi connectivity index (χ3v) is 4.62. The first-order valence-electron chi connectivity index (χ1n) is 8.38. The monoisotopic (exact) mass is 295 g/mol. The van der Waals surface area contributed by atoms with Crippen LogP contribution in [0.3, 0.4) is 0 Å². The first kappa shape index (κ1) is 16.3. The highest BCUT2D eigenvalue weighted by atomic mass is 16.2. The first-order valence-corrected chi connectivity index (χ1v) is 8.38. The van der Waals surface area contributed by atoms with Crippen molar-refractivity contribution in [2.24, 2.45) is 5.92 Å². The molecule has 1 aliphatic heterocycles. The molecule has 2 amide bonds. The SMILES string of the molecule is CC(C)C(=O)NC1CCN(C(=O)CNC2CCCC2)CC1. The largest absolute Gasteiger partial charge is 0.353 e. The number of rotatable bonds is 5. The Labute approximate surface area is 127 Å². The van der Waals surface area contributed by atoms with Gasteiger partial charge in [-0.3, -0.25) is 9.59 Å². The number of carbonyl (C=O) groups excluding carboxylic acids is 2. The smallest absolute Gasteiger partial charge is 0.236 e. The summed E-state index contributed by atoms with van der Waals surface area (Å²) in [6.07, 6.45) is 6.72. The van der Waals surface area contributed by atoms with Crippen LogP contribution in [-0.2, 0) is 9.59 Å². The minimum Gasteiger partial charge on any atom is -0.353 e. The highest BCUT2D eigenvalue weighted by molar-refractivity contribution is 5.79. The highest BCUT2D eigenvalue weighted by Crippen LogP contribution is 2.17. The van der Waals surface area contributed by atoms with Crippen molar-refractivity contribution >= 4 is 11.8 Å². The van der Waals surface area contributed by atoms with E-state index in [1.54, 1.807) is 0 Å². The predicted molar refractivity (Wildman–Crippen MR) is 82.8 cm³/mol. The standard InChI is InChI=1S/C16H29N3O2/c1-12(2)16(21)18-14-7-9-19(10-8-14)15(20)11-17-13-5-3-4-6-13/h12-14,17H,3-11H2,1-2H3,(H,18,21). The van der Waals surface area contributed by atoms with Crippen LogP contribution in [0, 0.1) is 5.92 Å². The van der Waals surface area contributed by atoms with Crippen LogP contribution in [0.25, 0.3) is 0 Å². The lowest BCUT2D eigenvalue weighted by atomic mass is 10.0. The fourth-order valence-corrected chi connectivity index (χ4v) is 3.11. The van der Waals surface area contributed by atoms with Crippen LogP contribution in [-0.4, -0.2) is 48.4 Å². The second-order valence-electron chi connectivity index (χ2n) is 6.68. The molecule has 0 atom stereocenters. The third-order valence-electron chi connectivity index (χ3n) is 4.62. The number of amides is 2. The molecule has 1 aliphatic carbocycles. The average Bonchev–Trinajstić information content (AvgIpc) is 2.98. The van der Waals surface area contributed by atoms with Gasteiger partial charge in [0.05, 0.1) is 6.54 Å². The summed E-state index contributed by atoms with van der Waals surface area (Å²) < 4.78 is 0. The van der Waals surface area contributed by atoms with E-state index in [0.717, 1.165) is 25.9 Å². The predicted octanol–water partition coefficient (Wildman–Crippen LogP) is 1.28. The van der Waals surface area contributed by atoms with Gasteiger partial charge < -0.3 is 15.5 Å². The summed E-state index contributed by atoms with van der Waals surface area (Å²) in [5, 5.41) is 6.44. The Balaban J connectivity index is 1.65. The molecule has 2 fully saturated rings. The summed E-state index contributed by atoms with van der Waals surface area (Å²) >= 11 is 0. The Kier molecular flexibility index (Phi) is 6.03. The molecule has 2 rings (SSSR count). The van der Waals surface area contributed by atoms with E-state index in [1.165, 1.54) is 25.7 Å². The molecule has 2 aliphatic rings. The van der Waals surface area contributed by atoms with Gasteiger partial charge in [0.15, 0.2) is 0 Å². The molecule has 0 bridgehead atoms. The number of hydrogen-bond donors (Lipinski definition) is 2. The van der Waals surface area contributed by atoms with Gasteiger partial charge in [0.2, 0.25) is 11.8 Å². The molecule has 21 heavy (non-hydrogen) atoms. The van der Waals surface area contributed by atoms with Crippen LogP contribution in [0.15, 0.2) is 0 Å². The van der Waals surface area contributed by atoms with Crippen LogP contribution in [0.5, 0.6) is 0 Å². The topological polar surface area (TPSA) is 61.4 Å². The molecule has 120 valence electrons. The van der Waals surface area contributed by atoms with Crippen LogP contribution in [0.4, 0.5) is 0 Å². The van der Waals surface area contributed by atoms with Gasteiger partial charge in [-0.2, -0.15) is 0 Å². The molecule has 5 heteroatoms. The molecule has 5 nitrogen and oxygen atoms in total. The van der Waals surface area contributed by atoms with Gasteiger partial charge in [-0.1, -0.05) is 26.7 Å². The van der Waals surface area contributed by atoms with Crippen LogP contribution >= 0.6 is 0 Å². The number of hydrogen-bond acceptors (Lipinski definition) is 3. The Morgan fingerprint density at radius 3 is 2.24 bits per heavy atom. The summed E-state index contributed by atoms with van der Waals surface area (Å²) in [5.41, 5.74) is 0. The molecule has 0 spiro atoms. The van der Waals surface area contributed by atoms with E-state index in [0.29, 0.717) is 12.6 Å². The summed E-state index contributed by atoms with van der Waals surface area (Å²) in [6, 6.07) is 0.767. The third kappa shape index (κ3) is 4.99. The number of carbonyl (C=O) groups is 2. The Bertz CT molecular complexity index is 357. The van der Waals surface area contributed by atoms with E-state index in [9.17, 15) is 9.59 Å². The van der Waals surface area contributed by atoms with Crippen LogP contribution in [0.1, 0.15) is 52.4 Å². The summed E-state index contributed by atoms with van der Waals surface area (Å²) in [6.45, 7) is 5.79. The number of nitrogens with one attached hydrogen (secondary N) is 2. The van der Waals surface area contributed by atoms with Crippen molar-refractivity contribution in [3.63, 3.8) is 0 Å². The zero-order valence-corrected chi connectivity index (χ0v) is 13.4. The molecular formula is C16H29N3O2. The van der Waals surface area contributed by atoms with Gasteiger partial charge in [0, 0.05) is 31.1 Å². The van der Waals surface area contributed by atoms with Crippen molar-refractivity contribution in [1.29, 1.82) is 0 Å². The minimum absolute atomic E-state index is 0.0280. The van der Waals surface area contributed by atoms with Gasteiger partial charge >= 0.3 is 0 Å². The van der Waals surface area contributed by atoms with E-state index < -0.39 is 0 Å².